The van der Waals surface area contributed by atoms with Gasteiger partial charge in [0.05, 0.1) is 29.1 Å². The van der Waals surface area contributed by atoms with Crippen LogP contribution in [0.25, 0.3) is 28.2 Å². The van der Waals surface area contributed by atoms with E-state index in [0.717, 1.165) is 52.0 Å². The molecule has 0 radical (unpaired) electrons. The van der Waals surface area contributed by atoms with Crippen molar-refractivity contribution in [3.63, 3.8) is 0 Å². The number of carbonyl (C=O) groups is 1. The zero-order valence-electron chi connectivity index (χ0n) is 19.6. The molecule has 1 aliphatic rings. The number of rotatable bonds is 4. The van der Waals surface area contributed by atoms with Gasteiger partial charge in [0.2, 0.25) is 0 Å². The highest BCUT2D eigenvalue weighted by atomic mass is 16.3. The summed E-state index contributed by atoms with van der Waals surface area (Å²) in [5.74, 6) is 1.71. The summed E-state index contributed by atoms with van der Waals surface area (Å²) in [6, 6.07) is 17.1. The van der Waals surface area contributed by atoms with Gasteiger partial charge < -0.3 is 9.73 Å². The number of carbonyl (C=O) groups excluding carboxylic acids is 1. The van der Waals surface area contributed by atoms with Gasteiger partial charge in [-0.1, -0.05) is 31.2 Å². The maximum Gasteiger partial charge on any atom is 0.252 e. The summed E-state index contributed by atoms with van der Waals surface area (Å²) in [5, 5.41) is 12.6. The summed E-state index contributed by atoms with van der Waals surface area (Å²) < 4.78 is 7.48. The fraction of sp³-hybridized carbons (Fsp3) is 0.214. The van der Waals surface area contributed by atoms with E-state index in [-0.39, 0.29) is 11.9 Å². The van der Waals surface area contributed by atoms with Gasteiger partial charge in [0.1, 0.15) is 5.76 Å². The quantitative estimate of drug-likeness (QED) is 0.381. The summed E-state index contributed by atoms with van der Waals surface area (Å²) in [5.41, 5.74) is 5.18. The molecule has 0 fully saturated rings. The highest BCUT2D eigenvalue weighted by Gasteiger charge is 2.29. The minimum atomic E-state index is -0.332. The molecule has 174 valence electrons. The number of hydrogen-bond acceptors (Lipinski definition) is 5. The first-order chi connectivity index (χ1) is 17.1. The lowest BCUT2D eigenvalue weighted by Crippen LogP contribution is -2.30. The minimum Gasteiger partial charge on any atom is -0.465 e. The molecule has 35 heavy (non-hydrogen) atoms. The average molecular weight is 464 g/mol. The molecule has 1 N–H and O–H groups in total. The molecular formula is C28H25N5O2. The van der Waals surface area contributed by atoms with Crippen LogP contribution in [0.5, 0.6) is 0 Å². The Morgan fingerprint density at radius 1 is 1.11 bits per heavy atom. The molecule has 1 aromatic carbocycles. The third kappa shape index (κ3) is 3.79. The molecule has 2 unspecified atom stereocenters. The SMILES string of the molecule is CC1C/C(=C\c2ccco2)c2nc3ccccc3c(C(=O)NC(C)c3nnc4ccccn34)c2C1. The second-order valence-electron chi connectivity index (χ2n) is 9.21. The van der Waals surface area contributed by atoms with Crippen molar-refractivity contribution < 1.29 is 9.21 Å². The summed E-state index contributed by atoms with van der Waals surface area (Å²) in [6.07, 6.45) is 7.28. The Bertz CT molecular complexity index is 1580. The number of amides is 1. The second kappa shape index (κ2) is 8.51. The van der Waals surface area contributed by atoms with E-state index in [1.54, 1.807) is 6.26 Å². The molecule has 5 aromatic rings. The van der Waals surface area contributed by atoms with E-state index < -0.39 is 0 Å². The predicted octanol–water partition coefficient (Wildman–Crippen LogP) is 5.48. The zero-order valence-corrected chi connectivity index (χ0v) is 19.6. The number of furan rings is 1. The molecule has 0 saturated carbocycles. The monoisotopic (exact) mass is 463 g/mol. The van der Waals surface area contributed by atoms with Crippen LogP contribution in [0.4, 0.5) is 0 Å². The normalized spacial score (nSPS) is 17.5. The lowest BCUT2D eigenvalue weighted by atomic mass is 9.80. The molecule has 4 heterocycles. The Morgan fingerprint density at radius 2 is 1.97 bits per heavy atom. The van der Waals surface area contributed by atoms with Crippen molar-refractivity contribution in [2.45, 2.75) is 32.7 Å². The molecule has 4 aromatic heterocycles. The van der Waals surface area contributed by atoms with E-state index in [0.29, 0.717) is 17.3 Å². The maximum absolute atomic E-state index is 13.9. The Morgan fingerprint density at radius 3 is 2.83 bits per heavy atom. The molecular weight excluding hydrogens is 438 g/mol. The van der Waals surface area contributed by atoms with E-state index in [1.165, 1.54) is 0 Å². The number of hydrogen-bond donors (Lipinski definition) is 1. The van der Waals surface area contributed by atoms with Crippen molar-refractivity contribution in [1.29, 1.82) is 0 Å². The van der Waals surface area contributed by atoms with Crippen LogP contribution >= 0.6 is 0 Å². The molecule has 2 atom stereocenters. The molecule has 0 aliphatic heterocycles. The lowest BCUT2D eigenvalue weighted by molar-refractivity contribution is 0.0938. The molecule has 0 saturated heterocycles. The summed E-state index contributed by atoms with van der Waals surface area (Å²) in [6.45, 7) is 4.14. The third-order valence-electron chi connectivity index (χ3n) is 6.58. The Kier molecular flexibility index (Phi) is 5.17. The van der Waals surface area contributed by atoms with Crippen LogP contribution in [-0.4, -0.2) is 25.5 Å². The van der Waals surface area contributed by atoms with Crippen LogP contribution in [0.15, 0.2) is 71.5 Å². The Balaban J connectivity index is 1.46. The molecule has 6 rings (SSSR count). The van der Waals surface area contributed by atoms with Gasteiger partial charge in [0, 0.05) is 11.6 Å². The number of benzene rings is 1. The molecule has 7 heteroatoms. The van der Waals surface area contributed by atoms with E-state index in [4.69, 9.17) is 9.40 Å². The number of aromatic nitrogens is 4. The van der Waals surface area contributed by atoms with E-state index in [9.17, 15) is 4.79 Å². The van der Waals surface area contributed by atoms with Crippen LogP contribution < -0.4 is 5.32 Å². The largest absolute Gasteiger partial charge is 0.465 e. The standard InChI is InChI=1S/C28H25N5O2/c1-17-14-19(16-20-8-7-13-35-20)26-22(15-17)25(21-9-3-4-10-23(21)30-26)28(34)29-18(2)27-32-31-24-11-5-6-12-33(24)27/h3-13,16-18H,14-15H2,1-2H3,(H,29,34)/b19-16+. The van der Waals surface area contributed by atoms with E-state index in [1.807, 2.05) is 78.2 Å². The molecule has 0 spiro atoms. The van der Waals surface area contributed by atoms with Crippen molar-refractivity contribution in [2.24, 2.45) is 5.92 Å². The van der Waals surface area contributed by atoms with Gasteiger partial charge in [-0.3, -0.25) is 9.20 Å². The van der Waals surface area contributed by atoms with Crippen molar-refractivity contribution in [2.75, 3.05) is 0 Å². The van der Waals surface area contributed by atoms with Gasteiger partial charge in [-0.2, -0.15) is 0 Å². The number of nitrogens with one attached hydrogen (secondary N) is 1. The molecule has 7 nitrogen and oxygen atoms in total. The highest BCUT2D eigenvalue weighted by molar-refractivity contribution is 6.09. The van der Waals surface area contributed by atoms with Gasteiger partial charge in [-0.15, -0.1) is 10.2 Å². The number of nitrogens with zero attached hydrogens (tertiary/aromatic N) is 4. The van der Waals surface area contributed by atoms with Crippen molar-refractivity contribution >= 4 is 34.1 Å². The van der Waals surface area contributed by atoms with Gasteiger partial charge >= 0.3 is 0 Å². The van der Waals surface area contributed by atoms with Gasteiger partial charge in [-0.25, -0.2) is 4.98 Å². The van der Waals surface area contributed by atoms with Crippen molar-refractivity contribution in [3.8, 4) is 0 Å². The van der Waals surface area contributed by atoms with Crippen molar-refractivity contribution in [3.05, 3.63) is 95.5 Å². The highest BCUT2D eigenvalue weighted by Crippen LogP contribution is 2.38. The average Bonchev–Trinajstić information content (AvgIpc) is 3.52. The Labute approximate surface area is 202 Å². The fourth-order valence-corrected chi connectivity index (χ4v) is 5.03. The number of allylic oxidation sites excluding steroid dienone is 1. The minimum absolute atomic E-state index is 0.133. The van der Waals surface area contributed by atoms with Crippen LogP contribution in [0, 0.1) is 5.92 Å². The third-order valence-corrected chi connectivity index (χ3v) is 6.58. The van der Waals surface area contributed by atoms with Crippen molar-refractivity contribution in [1.82, 2.24) is 24.9 Å². The predicted molar refractivity (Wildman–Crippen MR) is 135 cm³/mol. The topological polar surface area (TPSA) is 85.3 Å². The first-order valence-electron chi connectivity index (χ1n) is 11.8. The smallest absolute Gasteiger partial charge is 0.252 e. The molecule has 0 bridgehead atoms. The fourth-order valence-electron chi connectivity index (χ4n) is 5.03. The van der Waals surface area contributed by atoms with Crippen LogP contribution in [0.1, 0.15) is 59.5 Å². The Hall–Kier alpha value is -4.26. The van der Waals surface area contributed by atoms with Gasteiger partial charge in [0.25, 0.3) is 5.91 Å². The number of fused-ring (bicyclic) bond motifs is 3. The number of para-hydroxylation sites is 1. The van der Waals surface area contributed by atoms with Crippen LogP contribution in [-0.2, 0) is 6.42 Å². The van der Waals surface area contributed by atoms with Crippen LogP contribution in [0.2, 0.25) is 0 Å². The van der Waals surface area contributed by atoms with Crippen LogP contribution in [0.3, 0.4) is 0 Å². The first-order valence-corrected chi connectivity index (χ1v) is 11.8. The lowest BCUT2D eigenvalue weighted by Gasteiger charge is -2.27. The zero-order chi connectivity index (χ0) is 23.9. The van der Waals surface area contributed by atoms with Gasteiger partial charge in [-0.05, 0) is 73.2 Å². The summed E-state index contributed by atoms with van der Waals surface area (Å²) in [7, 11) is 0. The van der Waals surface area contributed by atoms with E-state index >= 15 is 0 Å². The van der Waals surface area contributed by atoms with E-state index in [2.05, 4.69) is 22.4 Å². The second-order valence-corrected chi connectivity index (χ2v) is 9.21. The number of pyridine rings is 2. The first kappa shape index (κ1) is 21.3. The maximum atomic E-state index is 13.9. The summed E-state index contributed by atoms with van der Waals surface area (Å²) in [4.78, 5) is 18.9. The molecule has 1 amide bonds. The molecule has 1 aliphatic carbocycles. The summed E-state index contributed by atoms with van der Waals surface area (Å²) >= 11 is 0. The van der Waals surface area contributed by atoms with Gasteiger partial charge in [0.15, 0.2) is 11.5 Å².